The van der Waals surface area contributed by atoms with Crippen LogP contribution < -0.4 is 5.32 Å². The highest BCUT2D eigenvalue weighted by Crippen LogP contribution is 2.03. The van der Waals surface area contributed by atoms with Crippen molar-refractivity contribution in [3.8, 4) is 0 Å². The Hall–Kier alpha value is -1.71. The number of benzene rings is 1. The van der Waals surface area contributed by atoms with E-state index in [2.05, 4.69) is 5.32 Å². The van der Waals surface area contributed by atoms with Crippen LogP contribution in [-0.4, -0.2) is 18.2 Å². The van der Waals surface area contributed by atoms with Crippen LogP contribution in [-0.2, 0) is 4.79 Å². The number of hydrogen-bond acceptors (Lipinski definition) is 2. The zero-order valence-corrected chi connectivity index (χ0v) is 8.42. The van der Waals surface area contributed by atoms with Crippen molar-refractivity contribution in [3.63, 3.8) is 0 Å². The molecule has 0 atom stereocenters. The minimum absolute atomic E-state index is 0.199. The highest BCUT2D eigenvalue weighted by molar-refractivity contribution is 6.42. The van der Waals surface area contributed by atoms with E-state index in [1.807, 2.05) is 6.92 Å². The van der Waals surface area contributed by atoms with Crippen molar-refractivity contribution in [2.24, 2.45) is 0 Å². The number of Topliss-reactive ketones (excluding diaryl/α,β-unsaturated/α-hetero) is 1. The van der Waals surface area contributed by atoms with Crippen molar-refractivity contribution in [1.82, 2.24) is 5.32 Å². The number of carbonyl (C=O) groups excluding carboxylic acids is 2. The van der Waals surface area contributed by atoms with E-state index in [0.717, 1.165) is 18.6 Å². The van der Waals surface area contributed by atoms with Gasteiger partial charge in [0.1, 0.15) is 5.82 Å². The van der Waals surface area contributed by atoms with E-state index >= 15 is 0 Å². The minimum atomic E-state index is -0.650. The van der Waals surface area contributed by atoms with Crippen molar-refractivity contribution in [1.29, 1.82) is 0 Å². The molecule has 0 saturated heterocycles. The summed E-state index contributed by atoms with van der Waals surface area (Å²) in [6.07, 6.45) is 0.766. The molecule has 0 saturated carbocycles. The number of hydrogen-bond donors (Lipinski definition) is 1. The Morgan fingerprint density at radius 3 is 2.40 bits per heavy atom. The Kier molecular flexibility index (Phi) is 3.97. The van der Waals surface area contributed by atoms with Crippen molar-refractivity contribution in [3.05, 3.63) is 35.6 Å². The standard InChI is InChI=1S/C11H12FNO2/c1-2-7-13-11(15)10(14)8-3-5-9(12)6-4-8/h3-6H,2,7H2,1H3,(H,13,15). The van der Waals surface area contributed by atoms with Crippen molar-refractivity contribution in [2.45, 2.75) is 13.3 Å². The molecule has 0 aromatic heterocycles. The van der Waals surface area contributed by atoms with Crippen molar-refractivity contribution < 1.29 is 14.0 Å². The zero-order chi connectivity index (χ0) is 11.3. The maximum absolute atomic E-state index is 12.5. The lowest BCUT2D eigenvalue weighted by Crippen LogP contribution is -2.31. The molecule has 80 valence electrons. The Morgan fingerprint density at radius 1 is 1.27 bits per heavy atom. The molecule has 0 spiro atoms. The van der Waals surface area contributed by atoms with Gasteiger partial charge in [0.15, 0.2) is 0 Å². The topological polar surface area (TPSA) is 46.2 Å². The van der Waals surface area contributed by atoms with E-state index < -0.39 is 17.5 Å². The molecule has 1 aromatic carbocycles. The van der Waals surface area contributed by atoms with Crippen molar-refractivity contribution >= 4 is 11.7 Å². The predicted octanol–water partition coefficient (Wildman–Crippen LogP) is 1.53. The molecule has 0 heterocycles. The van der Waals surface area contributed by atoms with Gasteiger partial charge < -0.3 is 5.32 Å². The molecule has 0 unspecified atom stereocenters. The first-order valence-electron chi connectivity index (χ1n) is 4.73. The zero-order valence-electron chi connectivity index (χ0n) is 8.42. The molecule has 4 heteroatoms. The second-order valence-corrected chi connectivity index (χ2v) is 3.09. The first-order chi connectivity index (χ1) is 7.15. The molecule has 0 bridgehead atoms. The van der Waals surface area contributed by atoms with Gasteiger partial charge in [-0.3, -0.25) is 9.59 Å². The summed E-state index contributed by atoms with van der Waals surface area (Å²) in [4.78, 5) is 22.7. The van der Waals surface area contributed by atoms with Crippen LogP contribution in [0.4, 0.5) is 4.39 Å². The van der Waals surface area contributed by atoms with Gasteiger partial charge in [0, 0.05) is 12.1 Å². The fourth-order valence-electron chi connectivity index (χ4n) is 1.05. The van der Waals surface area contributed by atoms with Crippen LogP contribution in [0.5, 0.6) is 0 Å². The van der Waals surface area contributed by atoms with Crippen LogP contribution in [0.2, 0.25) is 0 Å². The monoisotopic (exact) mass is 209 g/mol. The van der Waals surface area contributed by atoms with E-state index in [1.54, 1.807) is 0 Å². The lowest BCUT2D eigenvalue weighted by molar-refractivity contribution is -0.116. The molecule has 0 aliphatic heterocycles. The minimum Gasteiger partial charge on any atom is -0.349 e. The Morgan fingerprint density at radius 2 is 1.87 bits per heavy atom. The molecular weight excluding hydrogens is 197 g/mol. The third kappa shape index (κ3) is 3.16. The summed E-state index contributed by atoms with van der Waals surface area (Å²) in [6.45, 7) is 2.36. The first-order valence-corrected chi connectivity index (χ1v) is 4.73. The number of halogens is 1. The normalized spacial score (nSPS) is 9.73. The SMILES string of the molecule is CCCNC(=O)C(=O)c1ccc(F)cc1. The second kappa shape index (κ2) is 5.24. The quantitative estimate of drug-likeness (QED) is 0.604. The summed E-state index contributed by atoms with van der Waals surface area (Å²) >= 11 is 0. The van der Waals surface area contributed by atoms with Gasteiger partial charge in [-0.2, -0.15) is 0 Å². The van der Waals surface area contributed by atoms with Crippen LogP contribution >= 0.6 is 0 Å². The number of ketones is 1. The van der Waals surface area contributed by atoms with E-state index in [1.165, 1.54) is 12.1 Å². The highest BCUT2D eigenvalue weighted by atomic mass is 19.1. The molecule has 3 nitrogen and oxygen atoms in total. The smallest absolute Gasteiger partial charge is 0.292 e. The largest absolute Gasteiger partial charge is 0.349 e. The summed E-state index contributed by atoms with van der Waals surface area (Å²) in [6, 6.07) is 4.90. The number of rotatable bonds is 4. The van der Waals surface area contributed by atoms with Crippen LogP contribution in [0.15, 0.2) is 24.3 Å². The summed E-state index contributed by atoms with van der Waals surface area (Å²) in [5.41, 5.74) is 0.199. The van der Waals surface area contributed by atoms with Crippen LogP contribution in [0.25, 0.3) is 0 Å². The van der Waals surface area contributed by atoms with Crippen LogP contribution in [0.3, 0.4) is 0 Å². The molecule has 1 N–H and O–H groups in total. The maximum atomic E-state index is 12.5. The van der Waals surface area contributed by atoms with E-state index in [4.69, 9.17) is 0 Å². The molecule has 0 radical (unpaired) electrons. The molecule has 0 fully saturated rings. The summed E-state index contributed by atoms with van der Waals surface area (Å²) in [7, 11) is 0. The van der Waals surface area contributed by atoms with Gasteiger partial charge in [-0.1, -0.05) is 6.92 Å². The van der Waals surface area contributed by atoms with Crippen LogP contribution in [0, 0.1) is 5.82 Å². The molecule has 15 heavy (non-hydrogen) atoms. The third-order valence-electron chi connectivity index (χ3n) is 1.85. The highest BCUT2D eigenvalue weighted by Gasteiger charge is 2.14. The predicted molar refractivity (Wildman–Crippen MR) is 54.0 cm³/mol. The number of nitrogens with one attached hydrogen (secondary N) is 1. The van der Waals surface area contributed by atoms with Crippen LogP contribution in [0.1, 0.15) is 23.7 Å². The maximum Gasteiger partial charge on any atom is 0.292 e. The first kappa shape index (κ1) is 11.4. The molecular formula is C11H12FNO2. The van der Waals surface area contributed by atoms with E-state index in [0.29, 0.717) is 6.54 Å². The Balaban J connectivity index is 2.68. The Labute approximate surface area is 87.3 Å². The van der Waals surface area contributed by atoms with Gasteiger partial charge in [0.05, 0.1) is 0 Å². The summed E-state index contributed by atoms with van der Waals surface area (Å²) in [5.74, 6) is -1.72. The molecule has 1 amide bonds. The summed E-state index contributed by atoms with van der Waals surface area (Å²) < 4.78 is 12.5. The van der Waals surface area contributed by atoms with Gasteiger partial charge in [-0.25, -0.2) is 4.39 Å². The number of amides is 1. The lowest BCUT2D eigenvalue weighted by Gasteiger charge is -2.02. The molecule has 1 rings (SSSR count). The lowest BCUT2D eigenvalue weighted by atomic mass is 10.1. The van der Waals surface area contributed by atoms with Crippen molar-refractivity contribution in [2.75, 3.05) is 6.54 Å². The van der Waals surface area contributed by atoms with Gasteiger partial charge in [0.2, 0.25) is 5.78 Å². The average Bonchev–Trinajstić information content (AvgIpc) is 2.26. The second-order valence-electron chi connectivity index (χ2n) is 3.09. The Bertz CT molecular complexity index is 359. The van der Waals surface area contributed by atoms with Gasteiger partial charge in [-0.05, 0) is 30.7 Å². The van der Waals surface area contributed by atoms with E-state index in [9.17, 15) is 14.0 Å². The van der Waals surface area contributed by atoms with Gasteiger partial charge in [-0.15, -0.1) is 0 Å². The summed E-state index contributed by atoms with van der Waals surface area (Å²) in [5, 5.41) is 2.46. The average molecular weight is 209 g/mol. The van der Waals surface area contributed by atoms with E-state index in [-0.39, 0.29) is 5.56 Å². The fourth-order valence-corrected chi connectivity index (χ4v) is 1.05. The molecule has 1 aromatic rings. The number of carbonyl (C=O) groups is 2. The van der Waals surface area contributed by atoms with Gasteiger partial charge >= 0.3 is 0 Å². The third-order valence-corrected chi connectivity index (χ3v) is 1.85. The molecule has 0 aliphatic carbocycles. The van der Waals surface area contributed by atoms with Gasteiger partial charge in [0.25, 0.3) is 5.91 Å². The molecule has 0 aliphatic rings. The fraction of sp³-hybridized carbons (Fsp3) is 0.273.